The first-order valence-electron chi connectivity index (χ1n) is 6.19. The van der Waals surface area contributed by atoms with Gasteiger partial charge >= 0.3 is 0 Å². The van der Waals surface area contributed by atoms with Gasteiger partial charge in [0.05, 0.1) is 11.3 Å². The lowest BCUT2D eigenvalue weighted by Gasteiger charge is -2.05. The van der Waals surface area contributed by atoms with E-state index in [1.54, 1.807) is 13.1 Å². The van der Waals surface area contributed by atoms with Crippen LogP contribution < -0.4 is 16.8 Å². The van der Waals surface area contributed by atoms with E-state index in [1.807, 2.05) is 0 Å². The lowest BCUT2D eigenvalue weighted by Crippen LogP contribution is -2.04. The third kappa shape index (κ3) is 3.09. The number of hydrogen-bond acceptors (Lipinski definition) is 4. The number of anilines is 2. The van der Waals surface area contributed by atoms with E-state index in [9.17, 15) is 8.78 Å². The van der Waals surface area contributed by atoms with Crippen molar-refractivity contribution in [3.8, 4) is 11.8 Å². The first-order chi connectivity index (χ1) is 10.1. The highest BCUT2D eigenvalue weighted by Gasteiger charge is 2.09. The van der Waals surface area contributed by atoms with Crippen molar-refractivity contribution >= 4 is 11.5 Å². The zero-order chi connectivity index (χ0) is 15.4. The van der Waals surface area contributed by atoms with Gasteiger partial charge in [-0.1, -0.05) is 11.8 Å². The Labute approximate surface area is 121 Å². The van der Waals surface area contributed by atoms with Crippen LogP contribution in [0.2, 0.25) is 0 Å². The van der Waals surface area contributed by atoms with Crippen LogP contribution in [0.1, 0.15) is 16.7 Å². The molecule has 0 fully saturated rings. The van der Waals surface area contributed by atoms with Crippen LogP contribution in [0.25, 0.3) is 0 Å². The fourth-order valence-corrected chi connectivity index (χ4v) is 1.78. The molecule has 0 unspecified atom stereocenters. The molecule has 0 aliphatic heterocycles. The smallest absolute Gasteiger partial charge is 0.164 e. The standard InChI is InChI=1S/C15H14F2N4/c1-20-15-10(7-18)6-9(8-21-15)2-3-11-12(16)4-5-13(19)14(11)17/h4-6,8H,7,18-19H2,1H3,(H,20,21). The van der Waals surface area contributed by atoms with Crippen molar-refractivity contribution in [2.75, 3.05) is 18.1 Å². The molecule has 0 spiro atoms. The van der Waals surface area contributed by atoms with Gasteiger partial charge in [0.15, 0.2) is 5.82 Å². The van der Waals surface area contributed by atoms with E-state index in [0.29, 0.717) is 11.4 Å². The number of rotatable bonds is 2. The van der Waals surface area contributed by atoms with Crippen LogP contribution in [0.15, 0.2) is 24.4 Å². The lowest BCUT2D eigenvalue weighted by atomic mass is 10.1. The highest BCUT2D eigenvalue weighted by molar-refractivity contribution is 5.53. The molecule has 21 heavy (non-hydrogen) atoms. The van der Waals surface area contributed by atoms with E-state index in [-0.39, 0.29) is 17.8 Å². The van der Waals surface area contributed by atoms with Crippen molar-refractivity contribution in [1.82, 2.24) is 4.98 Å². The van der Waals surface area contributed by atoms with Crippen molar-refractivity contribution in [3.63, 3.8) is 0 Å². The van der Waals surface area contributed by atoms with Crippen molar-refractivity contribution < 1.29 is 8.78 Å². The lowest BCUT2D eigenvalue weighted by molar-refractivity contribution is 0.580. The molecule has 0 radical (unpaired) electrons. The molecule has 0 atom stereocenters. The van der Waals surface area contributed by atoms with Gasteiger partial charge in [-0.25, -0.2) is 13.8 Å². The molecule has 0 saturated carbocycles. The molecule has 0 saturated heterocycles. The minimum atomic E-state index is -0.860. The second-order valence-electron chi connectivity index (χ2n) is 4.26. The number of aromatic nitrogens is 1. The molecule has 4 nitrogen and oxygen atoms in total. The molecule has 108 valence electrons. The van der Waals surface area contributed by atoms with Crippen molar-refractivity contribution in [3.05, 3.63) is 52.7 Å². The van der Waals surface area contributed by atoms with Crippen molar-refractivity contribution in [2.45, 2.75) is 6.54 Å². The van der Waals surface area contributed by atoms with Crippen LogP contribution in [-0.2, 0) is 6.54 Å². The fourth-order valence-electron chi connectivity index (χ4n) is 1.78. The summed E-state index contributed by atoms with van der Waals surface area (Å²) in [5.74, 6) is 4.14. The molecule has 1 heterocycles. The van der Waals surface area contributed by atoms with Gasteiger partial charge in [-0.2, -0.15) is 0 Å². The quantitative estimate of drug-likeness (QED) is 0.582. The number of nitrogens with zero attached hydrogens (tertiary/aromatic N) is 1. The fraction of sp³-hybridized carbons (Fsp3) is 0.133. The van der Waals surface area contributed by atoms with Crippen LogP contribution in [0.3, 0.4) is 0 Å². The van der Waals surface area contributed by atoms with Crippen LogP contribution >= 0.6 is 0 Å². The minimum Gasteiger partial charge on any atom is -0.396 e. The van der Waals surface area contributed by atoms with E-state index in [1.165, 1.54) is 6.20 Å². The number of hydrogen-bond donors (Lipinski definition) is 3. The average molecular weight is 288 g/mol. The van der Waals surface area contributed by atoms with E-state index in [0.717, 1.165) is 17.7 Å². The van der Waals surface area contributed by atoms with E-state index in [4.69, 9.17) is 11.5 Å². The molecule has 0 aliphatic rings. The minimum absolute atomic E-state index is 0.146. The Morgan fingerprint density at radius 2 is 2.05 bits per heavy atom. The summed E-state index contributed by atoms with van der Waals surface area (Å²) in [7, 11) is 1.73. The Balaban J connectivity index is 2.42. The van der Waals surface area contributed by atoms with E-state index < -0.39 is 11.6 Å². The van der Waals surface area contributed by atoms with E-state index in [2.05, 4.69) is 22.1 Å². The van der Waals surface area contributed by atoms with Gasteiger partial charge in [0.2, 0.25) is 0 Å². The summed E-state index contributed by atoms with van der Waals surface area (Å²) in [6, 6.07) is 3.95. The number of halogens is 2. The van der Waals surface area contributed by atoms with Crippen LogP contribution in [0.4, 0.5) is 20.3 Å². The van der Waals surface area contributed by atoms with Crippen molar-refractivity contribution in [2.24, 2.45) is 5.73 Å². The summed E-state index contributed by atoms with van der Waals surface area (Å²) in [4.78, 5) is 4.14. The van der Waals surface area contributed by atoms with Gasteiger partial charge < -0.3 is 16.8 Å². The van der Waals surface area contributed by atoms with Gasteiger partial charge in [-0.3, -0.25) is 0 Å². The molecule has 0 aliphatic carbocycles. The number of pyridine rings is 1. The normalized spacial score (nSPS) is 9.90. The maximum absolute atomic E-state index is 13.7. The summed E-state index contributed by atoms with van der Waals surface area (Å²) >= 11 is 0. The Bertz CT molecular complexity index is 732. The monoisotopic (exact) mass is 288 g/mol. The maximum Gasteiger partial charge on any atom is 0.164 e. The summed E-state index contributed by atoms with van der Waals surface area (Å²) in [5.41, 5.74) is 11.8. The summed E-state index contributed by atoms with van der Waals surface area (Å²) in [6.07, 6.45) is 1.50. The highest BCUT2D eigenvalue weighted by atomic mass is 19.1. The zero-order valence-corrected chi connectivity index (χ0v) is 11.4. The molecule has 5 N–H and O–H groups in total. The van der Waals surface area contributed by atoms with Crippen LogP contribution in [0, 0.1) is 23.5 Å². The highest BCUT2D eigenvalue weighted by Crippen LogP contribution is 2.18. The van der Waals surface area contributed by atoms with Gasteiger partial charge in [-0.05, 0) is 18.2 Å². The van der Waals surface area contributed by atoms with Gasteiger partial charge in [-0.15, -0.1) is 0 Å². The molecule has 2 rings (SSSR count). The first-order valence-corrected chi connectivity index (χ1v) is 6.19. The Morgan fingerprint density at radius 3 is 2.71 bits per heavy atom. The van der Waals surface area contributed by atoms with Gasteiger partial charge in [0.25, 0.3) is 0 Å². The molecule has 6 heteroatoms. The number of nitrogens with two attached hydrogens (primary N) is 2. The predicted octanol–water partition coefficient (Wildman–Crippen LogP) is 1.84. The Morgan fingerprint density at radius 1 is 1.29 bits per heavy atom. The molecule has 0 bridgehead atoms. The largest absolute Gasteiger partial charge is 0.396 e. The SMILES string of the molecule is CNc1ncc(C#Cc2c(F)ccc(N)c2F)cc1CN. The summed E-state index contributed by atoms with van der Waals surface area (Å²) in [5, 5.41) is 2.90. The van der Waals surface area contributed by atoms with E-state index >= 15 is 0 Å². The molecule has 2 aromatic rings. The number of benzene rings is 1. The zero-order valence-electron chi connectivity index (χ0n) is 11.4. The van der Waals surface area contributed by atoms with Crippen LogP contribution in [-0.4, -0.2) is 12.0 Å². The third-order valence-corrected chi connectivity index (χ3v) is 2.88. The average Bonchev–Trinajstić information content (AvgIpc) is 2.50. The Kier molecular flexibility index (Phi) is 4.36. The van der Waals surface area contributed by atoms with Gasteiger partial charge in [0.1, 0.15) is 11.6 Å². The van der Waals surface area contributed by atoms with Crippen molar-refractivity contribution in [1.29, 1.82) is 0 Å². The molecular weight excluding hydrogens is 274 g/mol. The van der Waals surface area contributed by atoms with Gasteiger partial charge in [0, 0.05) is 30.9 Å². The maximum atomic E-state index is 13.7. The third-order valence-electron chi connectivity index (χ3n) is 2.88. The molecular formula is C15H14F2N4. The second-order valence-corrected chi connectivity index (χ2v) is 4.26. The topological polar surface area (TPSA) is 77.0 Å². The number of nitrogens with one attached hydrogen (secondary N) is 1. The molecule has 1 aromatic carbocycles. The van der Waals surface area contributed by atoms with Crippen LogP contribution in [0.5, 0.6) is 0 Å². The Hall–Kier alpha value is -2.65. The molecule has 1 aromatic heterocycles. The first kappa shape index (κ1) is 14.8. The predicted molar refractivity (Wildman–Crippen MR) is 78.4 cm³/mol. The second kappa shape index (κ2) is 6.20. The summed E-state index contributed by atoms with van der Waals surface area (Å²) < 4.78 is 27.3. The summed E-state index contributed by atoms with van der Waals surface area (Å²) in [6.45, 7) is 0.277. The molecule has 0 amide bonds. The number of nitrogen functional groups attached to an aromatic ring is 1.